The zero-order valence-electron chi connectivity index (χ0n) is 11.4. The second kappa shape index (κ2) is 5.58. The number of carbonyl (C=O) groups is 1. The minimum absolute atomic E-state index is 0.0909. The predicted octanol–water partition coefficient (Wildman–Crippen LogP) is 3.10. The van der Waals surface area contributed by atoms with Crippen LogP contribution in [0.2, 0.25) is 0 Å². The maximum atomic E-state index is 11.1. The van der Waals surface area contributed by atoms with Gasteiger partial charge in [-0.3, -0.25) is 10.1 Å². The third-order valence-corrected chi connectivity index (χ3v) is 2.77. The normalized spacial score (nSPS) is 10.2. The molecule has 0 aliphatic rings. The van der Waals surface area contributed by atoms with Crippen LogP contribution < -0.4 is 4.74 Å². The van der Waals surface area contributed by atoms with Gasteiger partial charge in [-0.2, -0.15) is 0 Å². The number of benzene rings is 1. The lowest BCUT2D eigenvalue weighted by Crippen LogP contribution is -2.01. The van der Waals surface area contributed by atoms with Crippen molar-refractivity contribution in [2.75, 3.05) is 0 Å². The highest BCUT2D eigenvalue weighted by Crippen LogP contribution is 2.35. The number of nitro groups is 1. The fraction of sp³-hybridized carbons (Fsp3) is 0.143. The topological polar surface area (TPSA) is 103 Å². The van der Waals surface area contributed by atoms with Crippen LogP contribution in [-0.4, -0.2) is 21.0 Å². The van der Waals surface area contributed by atoms with Gasteiger partial charge in [0.05, 0.1) is 4.92 Å². The first kappa shape index (κ1) is 14.4. The van der Waals surface area contributed by atoms with Crippen LogP contribution in [0.3, 0.4) is 0 Å². The van der Waals surface area contributed by atoms with E-state index in [4.69, 9.17) is 9.84 Å². The maximum Gasteiger partial charge on any atom is 0.354 e. The molecule has 1 N–H and O–H groups in total. The number of pyridine rings is 1. The molecule has 2 rings (SSSR count). The van der Waals surface area contributed by atoms with Crippen molar-refractivity contribution < 1.29 is 19.6 Å². The first-order valence-corrected chi connectivity index (χ1v) is 6.01. The minimum Gasteiger partial charge on any atom is -0.477 e. The van der Waals surface area contributed by atoms with E-state index in [-0.39, 0.29) is 22.9 Å². The van der Waals surface area contributed by atoms with Crippen molar-refractivity contribution in [3.8, 4) is 11.5 Å². The Kier molecular flexibility index (Phi) is 3.84. The first-order chi connectivity index (χ1) is 9.88. The molecular weight excluding hydrogens is 276 g/mol. The van der Waals surface area contributed by atoms with Crippen LogP contribution in [0.5, 0.6) is 11.5 Å². The van der Waals surface area contributed by atoms with Crippen molar-refractivity contribution in [3.05, 3.63) is 57.4 Å². The third kappa shape index (κ3) is 3.14. The molecule has 21 heavy (non-hydrogen) atoms. The molecule has 2 aromatic rings. The van der Waals surface area contributed by atoms with E-state index in [2.05, 4.69) is 4.98 Å². The number of aryl methyl sites for hydroxylation is 2. The Hall–Kier alpha value is -2.96. The summed E-state index contributed by atoms with van der Waals surface area (Å²) in [5.41, 5.74) is 0.976. The second-order valence-corrected chi connectivity index (χ2v) is 4.47. The van der Waals surface area contributed by atoms with Crippen molar-refractivity contribution in [1.82, 2.24) is 4.98 Å². The average Bonchev–Trinajstić information content (AvgIpc) is 2.41. The summed E-state index contributed by atoms with van der Waals surface area (Å²) in [5, 5.41) is 20.0. The molecule has 0 aliphatic carbocycles. The zero-order chi connectivity index (χ0) is 15.6. The Labute approximate surface area is 120 Å². The van der Waals surface area contributed by atoms with E-state index in [0.717, 1.165) is 5.56 Å². The Bertz CT molecular complexity index is 727. The number of carboxylic acids is 1. The minimum atomic E-state index is -1.20. The molecule has 0 spiro atoms. The summed E-state index contributed by atoms with van der Waals surface area (Å²) >= 11 is 0. The van der Waals surface area contributed by atoms with Crippen LogP contribution in [0.1, 0.15) is 21.6 Å². The smallest absolute Gasteiger partial charge is 0.354 e. The molecule has 1 heterocycles. The van der Waals surface area contributed by atoms with Crippen molar-refractivity contribution in [2.45, 2.75) is 13.8 Å². The van der Waals surface area contributed by atoms with Crippen LogP contribution in [0.15, 0.2) is 30.5 Å². The van der Waals surface area contributed by atoms with E-state index in [0.29, 0.717) is 5.56 Å². The number of ether oxygens (including phenoxy) is 1. The summed E-state index contributed by atoms with van der Waals surface area (Å²) in [6.45, 7) is 3.44. The SMILES string of the molecule is Cc1cc(C)c(Oc2ccnc(C(=O)O)c2)c([N+](=O)[O-])c1. The second-order valence-electron chi connectivity index (χ2n) is 4.47. The molecule has 0 bridgehead atoms. The molecule has 0 fully saturated rings. The highest BCUT2D eigenvalue weighted by atomic mass is 16.6. The number of aromatic nitrogens is 1. The van der Waals surface area contributed by atoms with Gasteiger partial charge >= 0.3 is 11.7 Å². The number of rotatable bonds is 4. The number of nitrogens with zero attached hydrogens (tertiary/aromatic N) is 2. The van der Waals surface area contributed by atoms with E-state index in [1.165, 1.54) is 24.4 Å². The van der Waals surface area contributed by atoms with Gasteiger partial charge in [0.2, 0.25) is 5.75 Å². The Balaban J connectivity index is 2.46. The van der Waals surface area contributed by atoms with Crippen LogP contribution >= 0.6 is 0 Å². The van der Waals surface area contributed by atoms with Crippen molar-refractivity contribution >= 4 is 11.7 Å². The summed E-state index contributed by atoms with van der Waals surface area (Å²) in [6, 6.07) is 5.81. The molecule has 108 valence electrons. The predicted molar refractivity (Wildman–Crippen MR) is 73.8 cm³/mol. The first-order valence-electron chi connectivity index (χ1n) is 6.01. The van der Waals surface area contributed by atoms with Crippen molar-refractivity contribution in [2.24, 2.45) is 0 Å². The van der Waals surface area contributed by atoms with E-state index in [1.807, 2.05) is 0 Å². The van der Waals surface area contributed by atoms with E-state index in [1.54, 1.807) is 19.9 Å². The van der Waals surface area contributed by atoms with Gasteiger partial charge in [0.1, 0.15) is 5.75 Å². The van der Waals surface area contributed by atoms with Gasteiger partial charge in [0.25, 0.3) is 0 Å². The molecule has 0 saturated heterocycles. The average molecular weight is 288 g/mol. The summed E-state index contributed by atoms with van der Waals surface area (Å²) in [5.74, 6) is -0.929. The van der Waals surface area contributed by atoms with Gasteiger partial charge in [0, 0.05) is 18.3 Å². The number of nitro benzene ring substituents is 1. The fourth-order valence-corrected chi connectivity index (χ4v) is 1.91. The Morgan fingerprint density at radius 1 is 1.33 bits per heavy atom. The molecule has 1 aromatic carbocycles. The van der Waals surface area contributed by atoms with Gasteiger partial charge in [-0.05, 0) is 31.0 Å². The lowest BCUT2D eigenvalue weighted by molar-refractivity contribution is -0.385. The van der Waals surface area contributed by atoms with Gasteiger partial charge < -0.3 is 9.84 Å². The zero-order valence-corrected chi connectivity index (χ0v) is 11.4. The van der Waals surface area contributed by atoms with Crippen molar-refractivity contribution in [3.63, 3.8) is 0 Å². The summed E-state index contributed by atoms with van der Waals surface area (Å²) in [7, 11) is 0. The quantitative estimate of drug-likeness (QED) is 0.685. The maximum absolute atomic E-state index is 11.1. The van der Waals surface area contributed by atoms with E-state index < -0.39 is 10.9 Å². The van der Waals surface area contributed by atoms with Crippen LogP contribution in [0.25, 0.3) is 0 Å². The molecule has 0 aliphatic heterocycles. The molecule has 0 unspecified atom stereocenters. The van der Waals surface area contributed by atoms with Crippen LogP contribution in [0, 0.1) is 24.0 Å². The highest BCUT2D eigenvalue weighted by Gasteiger charge is 2.19. The molecule has 7 heteroatoms. The van der Waals surface area contributed by atoms with Crippen LogP contribution in [0.4, 0.5) is 5.69 Å². The molecule has 0 amide bonds. The number of carboxylic acid groups (broad SMARTS) is 1. The lowest BCUT2D eigenvalue weighted by atomic mass is 10.1. The molecule has 0 radical (unpaired) electrons. The molecular formula is C14H12N2O5. The molecule has 7 nitrogen and oxygen atoms in total. The lowest BCUT2D eigenvalue weighted by Gasteiger charge is -2.10. The van der Waals surface area contributed by atoms with Gasteiger partial charge in [-0.15, -0.1) is 0 Å². The van der Waals surface area contributed by atoms with Gasteiger partial charge in [-0.25, -0.2) is 9.78 Å². The number of hydrogen-bond donors (Lipinski definition) is 1. The third-order valence-electron chi connectivity index (χ3n) is 2.77. The van der Waals surface area contributed by atoms with E-state index >= 15 is 0 Å². The number of hydrogen-bond acceptors (Lipinski definition) is 5. The van der Waals surface area contributed by atoms with E-state index in [9.17, 15) is 14.9 Å². The molecule has 0 atom stereocenters. The molecule has 0 saturated carbocycles. The standard InChI is InChI=1S/C14H12N2O5/c1-8-5-9(2)13(12(6-8)16(19)20)21-10-3-4-15-11(7-10)14(17)18/h3-7H,1-2H3,(H,17,18). The molecule has 1 aromatic heterocycles. The Morgan fingerprint density at radius 2 is 2.05 bits per heavy atom. The van der Waals surface area contributed by atoms with Crippen LogP contribution in [-0.2, 0) is 0 Å². The highest BCUT2D eigenvalue weighted by molar-refractivity contribution is 5.85. The van der Waals surface area contributed by atoms with Crippen molar-refractivity contribution in [1.29, 1.82) is 0 Å². The van der Waals surface area contributed by atoms with Gasteiger partial charge in [-0.1, -0.05) is 6.07 Å². The fourth-order valence-electron chi connectivity index (χ4n) is 1.91. The summed E-state index contributed by atoms with van der Waals surface area (Å²) in [6.07, 6.45) is 1.27. The number of aromatic carboxylic acids is 1. The summed E-state index contributed by atoms with van der Waals surface area (Å²) in [4.78, 5) is 25.1. The largest absolute Gasteiger partial charge is 0.477 e. The summed E-state index contributed by atoms with van der Waals surface area (Å²) < 4.78 is 5.50. The van der Waals surface area contributed by atoms with Gasteiger partial charge in [0.15, 0.2) is 5.69 Å². The monoisotopic (exact) mass is 288 g/mol. The Morgan fingerprint density at radius 3 is 2.67 bits per heavy atom.